The predicted octanol–water partition coefficient (Wildman–Crippen LogP) is 2.45. The Balaban J connectivity index is 1.33. The molecule has 1 fully saturated rings. The van der Waals surface area contributed by atoms with Crippen molar-refractivity contribution in [2.24, 2.45) is 0 Å². The largest absolute Gasteiger partial charge is 0.493 e. The average Bonchev–Trinajstić information content (AvgIpc) is 3.70. The highest BCUT2D eigenvalue weighted by atomic mass is 32.2. The van der Waals surface area contributed by atoms with Crippen LogP contribution in [0.2, 0.25) is 0 Å². The number of rotatable bonds is 4. The minimum Gasteiger partial charge on any atom is -0.493 e. The zero-order valence-corrected chi connectivity index (χ0v) is 24.9. The first kappa shape index (κ1) is 29.2. The van der Waals surface area contributed by atoms with Crippen LogP contribution in [0, 0.1) is 6.92 Å². The maximum absolute atomic E-state index is 14.0. The molecule has 12 nitrogen and oxygen atoms in total. The minimum absolute atomic E-state index is 0.00744. The number of nitrogens with one attached hydrogen (secondary N) is 2. The second-order valence-electron chi connectivity index (χ2n) is 10.5. The predicted molar refractivity (Wildman–Crippen MR) is 160 cm³/mol. The third-order valence-electron chi connectivity index (χ3n) is 7.59. The van der Waals surface area contributed by atoms with E-state index in [4.69, 9.17) is 14.2 Å². The molecule has 7 rings (SSSR count). The molecule has 0 unspecified atom stereocenters. The Morgan fingerprint density at radius 2 is 1.84 bits per heavy atom. The Bertz CT molecular complexity index is 1790. The molecule has 4 bridgehead atoms. The van der Waals surface area contributed by atoms with Crippen LogP contribution in [0.1, 0.15) is 21.5 Å². The lowest BCUT2D eigenvalue weighted by molar-refractivity contribution is -0.123. The van der Waals surface area contributed by atoms with E-state index in [9.17, 15) is 18.0 Å². The third-order valence-corrected chi connectivity index (χ3v) is 9.57. The molecule has 0 aliphatic carbocycles. The number of carbonyl (C=O) groups is 2. The summed E-state index contributed by atoms with van der Waals surface area (Å²) in [5.41, 5.74) is 2.28. The second-order valence-corrected chi connectivity index (χ2v) is 12.4. The lowest BCUT2D eigenvalue weighted by Gasteiger charge is -2.21. The molecule has 0 saturated carbocycles. The Morgan fingerprint density at radius 3 is 2.59 bits per heavy atom. The minimum atomic E-state index is -3.99. The van der Waals surface area contributed by atoms with E-state index in [-0.39, 0.29) is 48.4 Å². The summed E-state index contributed by atoms with van der Waals surface area (Å²) in [6.07, 6.45) is 2.67. The van der Waals surface area contributed by atoms with E-state index in [0.717, 1.165) is 5.56 Å². The van der Waals surface area contributed by atoms with Crippen LogP contribution in [-0.2, 0) is 21.4 Å². The van der Waals surface area contributed by atoms with Gasteiger partial charge in [0.15, 0.2) is 18.1 Å². The van der Waals surface area contributed by atoms with Crippen LogP contribution >= 0.6 is 0 Å². The molecule has 2 atom stereocenters. The number of fused-ring (bicyclic) bond motifs is 7. The van der Waals surface area contributed by atoms with Crippen molar-refractivity contribution in [1.82, 2.24) is 24.7 Å². The number of amides is 2. The SMILES string of the molecule is COc1ccc2cc1OCC(=O)NCc1ccc(cc1)O[C@H]1CN(S(=O)(=O)c3cc(-n4cccn4)ccc3C)C[C@@H]1NC2=O. The molecule has 3 aromatic carbocycles. The van der Waals surface area contributed by atoms with Crippen molar-refractivity contribution in [2.75, 3.05) is 26.8 Å². The van der Waals surface area contributed by atoms with Crippen molar-refractivity contribution in [3.63, 3.8) is 0 Å². The zero-order valence-electron chi connectivity index (χ0n) is 24.1. The van der Waals surface area contributed by atoms with E-state index < -0.39 is 28.1 Å². The van der Waals surface area contributed by atoms with Gasteiger partial charge in [-0.25, -0.2) is 13.1 Å². The van der Waals surface area contributed by atoms with E-state index in [1.807, 2.05) is 12.1 Å². The molecule has 44 heavy (non-hydrogen) atoms. The van der Waals surface area contributed by atoms with Gasteiger partial charge >= 0.3 is 0 Å². The molecular formula is C31H31N5O7S. The van der Waals surface area contributed by atoms with Crippen molar-refractivity contribution >= 4 is 21.8 Å². The molecule has 3 aliphatic heterocycles. The zero-order chi connectivity index (χ0) is 30.8. The lowest BCUT2D eigenvalue weighted by atomic mass is 10.1. The fourth-order valence-electron chi connectivity index (χ4n) is 5.20. The number of benzene rings is 3. The lowest BCUT2D eigenvalue weighted by Crippen LogP contribution is -2.45. The summed E-state index contributed by atoms with van der Waals surface area (Å²) in [5.74, 6) is 0.276. The van der Waals surface area contributed by atoms with Gasteiger partial charge in [-0.2, -0.15) is 9.40 Å². The van der Waals surface area contributed by atoms with Gasteiger partial charge in [-0.05, 0) is 66.6 Å². The number of hydrogen-bond donors (Lipinski definition) is 2. The van der Waals surface area contributed by atoms with Crippen molar-refractivity contribution in [3.8, 4) is 22.9 Å². The molecule has 4 heterocycles. The number of aromatic nitrogens is 2. The molecule has 2 amide bonds. The van der Waals surface area contributed by atoms with Crippen molar-refractivity contribution < 1.29 is 32.2 Å². The molecular weight excluding hydrogens is 586 g/mol. The first-order chi connectivity index (χ1) is 21.2. The van der Waals surface area contributed by atoms with Gasteiger partial charge in [-0.15, -0.1) is 0 Å². The number of aryl methyl sites for hydroxylation is 1. The van der Waals surface area contributed by atoms with Crippen LogP contribution in [0.15, 0.2) is 84.0 Å². The monoisotopic (exact) mass is 617 g/mol. The van der Waals surface area contributed by atoms with Crippen molar-refractivity contribution in [3.05, 3.63) is 95.8 Å². The van der Waals surface area contributed by atoms with Gasteiger partial charge in [0.25, 0.3) is 11.8 Å². The quantitative estimate of drug-likeness (QED) is 0.356. The van der Waals surface area contributed by atoms with Crippen molar-refractivity contribution in [2.45, 2.75) is 30.5 Å². The molecule has 4 aromatic rings. The number of sulfonamides is 1. The van der Waals surface area contributed by atoms with Gasteiger partial charge in [0, 0.05) is 31.0 Å². The first-order valence-electron chi connectivity index (χ1n) is 14.0. The number of carbonyl (C=O) groups excluding carboxylic acids is 2. The van der Waals surface area contributed by atoms with Gasteiger partial charge in [-0.1, -0.05) is 18.2 Å². The Kier molecular flexibility index (Phi) is 7.97. The van der Waals surface area contributed by atoms with Crippen LogP contribution in [0.4, 0.5) is 0 Å². The summed E-state index contributed by atoms with van der Waals surface area (Å²) in [5, 5.41) is 9.98. The Hall–Kier alpha value is -4.88. The van der Waals surface area contributed by atoms with Crippen molar-refractivity contribution in [1.29, 1.82) is 0 Å². The molecule has 1 saturated heterocycles. The summed E-state index contributed by atoms with van der Waals surface area (Å²) >= 11 is 0. The highest BCUT2D eigenvalue weighted by molar-refractivity contribution is 7.89. The number of nitrogens with zero attached hydrogens (tertiary/aromatic N) is 3. The topological polar surface area (TPSA) is 141 Å². The Morgan fingerprint density at radius 1 is 1.02 bits per heavy atom. The van der Waals surface area contributed by atoms with Gasteiger partial charge in [0.05, 0.1) is 30.3 Å². The van der Waals surface area contributed by atoms with Crippen LogP contribution in [0.25, 0.3) is 5.69 Å². The molecule has 13 heteroatoms. The molecule has 228 valence electrons. The van der Waals surface area contributed by atoms with E-state index in [2.05, 4.69) is 15.7 Å². The Labute approximate surface area is 254 Å². The van der Waals surface area contributed by atoms with Crippen LogP contribution in [-0.4, -0.2) is 73.3 Å². The summed E-state index contributed by atoms with van der Waals surface area (Å²) in [6, 6.07) is 18.0. The summed E-state index contributed by atoms with van der Waals surface area (Å²) in [4.78, 5) is 26.0. The first-order valence-corrected chi connectivity index (χ1v) is 15.4. The smallest absolute Gasteiger partial charge is 0.258 e. The van der Waals surface area contributed by atoms with E-state index in [0.29, 0.717) is 22.7 Å². The van der Waals surface area contributed by atoms with E-state index >= 15 is 0 Å². The summed E-state index contributed by atoms with van der Waals surface area (Å²) in [6.45, 7) is 1.73. The van der Waals surface area contributed by atoms with Gasteiger partial charge in [-0.3, -0.25) is 9.59 Å². The van der Waals surface area contributed by atoms with Gasteiger partial charge in [0.1, 0.15) is 11.9 Å². The van der Waals surface area contributed by atoms with Crippen LogP contribution < -0.4 is 24.8 Å². The molecule has 0 spiro atoms. The number of hydrogen-bond acceptors (Lipinski definition) is 8. The highest BCUT2D eigenvalue weighted by Gasteiger charge is 2.42. The van der Waals surface area contributed by atoms with Crippen LogP contribution in [0.5, 0.6) is 17.2 Å². The fourth-order valence-corrected chi connectivity index (χ4v) is 6.92. The normalized spacial score (nSPS) is 19.2. The number of ether oxygens (including phenoxy) is 3. The third kappa shape index (κ3) is 5.96. The second kappa shape index (κ2) is 12.0. The molecule has 0 radical (unpaired) electrons. The molecule has 3 aliphatic rings. The number of methoxy groups -OCH3 is 1. The van der Waals surface area contributed by atoms with E-state index in [1.165, 1.54) is 17.5 Å². The summed E-state index contributed by atoms with van der Waals surface area (Å²) in [7, 11) is -2.53. The standard InChI is InChI=1S/C31H31N5O7S/c1-20-4-8-23(36-13-3-12-33-36)15-29(20)44(39,40)35-17-25-28(18-35)43-24-9-5-21(6-10-24)16-32-30(37)19-42-27-14-22(31(38)34-25)7-11-26(27)41-2/h3-15,25,28H,16-19H2,1-2H3,(H,32,37)(H,34,38)/t25-,28-/m0/s1. The molecule has 1 aromatic heterocycles. The average molecular weight is 618 g/mol. The fraction of sp³-hybridized carbons (Fsp3) is 0.258. The van der Waals surface area contributed by atoms with Gasteiger partial charge in [0.2, 0.25) is 10.0 Å². The maximum atomic E-state index is 14.0. The van der Waals surface area contributed by atoms with E-state index in [1.54, 1.807) is 72.5 Å². The molecule has 2 N–H and O–H groups in total. The maximum Gasteiger partial charge on any atom is 0.258 e. The summed E-state index contributed by atoms with van der Waals surface area (Å²) < 4.78 is 48.3. The highest BCUT2D eigenvalue weighted by Crippen LogP contribution is 2.30. The van der Waals surface area contributed by atoms with Crippen LogP contribution in [0.3, 0.4) is 0 Å². The van der Waals surface area contributed by atoms with Gasteiger partial charge < -0.3 is 24.8 Å².